The standard InChI is InChI=1S/C7H2Br2ClNS/c8-3-1-4(10)6-5(2-3)11-7(9)12-6/h1-2H. The number of aromatic nitrogens is 1. The van der Waals surface area contributed by atoms with E-state index in [0.29, 0.717) is 0 Å². The van der Waals surface area contributed by atoms with Gasteiger partial charge in [-0.3, -0.25) is 0 Å². The van der Waals surface area contributed by atoms with Crippen LogP contribution in [0.4, 0.5) is 0 Å². The summed E-state index contributed by atoms with van der Waals surface area (Å²) in [6.07, 6.45) is 0. The predicted molar refractivity (Wildman–Crippen MR) is 60.0 cm³/mol. The molecule has 12 heavy (non-hydrogen) atoms. The summed E-state index contributed by atoms with van der Waals surface area (Å²) in [5.74, 6) is 0. The minimum atomic E-state index is 0.738. The van der Waals surface area contributed by atoms with E-state index in [1.807, 2.05) is 12.1 Å². The first-order chi connectivity index (χ1) is 5.66. The fraction of sp³-hybridized carbons (Fsp3) is 0. The highest BCUT2D eigenvalue weighted by atomic mass is 79.9. The Kier molecular flexibility index (Phi) is 2.42. The average molecular weight is 327 g/mol. The Bertz CT molecular complexity index is 440. The molecule has 0 atom stereocenters. The van der Waals surface area contributed by atoms with Crippen molar-refractivity contribution in [3.05, 3.63) is 25.5 Å². The molecule has 0 amide bonds. The third-order valence-corrected chi connectivity index (χ3v) is 3.81. The second-order valence-corrected chi connectivity index (χ2v) is 5.80. The van der Waals surface area contributed by atoms with Gasteiger partial charge in [-0.1, -0.05) is 27.5 Å². The summed E-state index contributed by atoms with van der Waals surface area (Å²) in [5, 5.41) is 0.738. The zero-order valence-corrected chi connectivity index (χ0v) is 10.4. The molecule has 1 aromatic carbocycles. The maximum atomic E-state index is 6.00. The Labute approximate surface area is 95.0 Å². The molecule has 1 heterocycles. The van der Waals surface area contributed by atoms with Crippen molar-refractivity contribution in [3.63, 3.8) is 0 Å². The number of thiazole rings is 1. The quantitative estimate of drug-likeness (QED) is 0.695. The number of nitrogens with zero attached hydrogens (tertiary/aromatic N) is 1. The number of hydrogen-bond acceptors (Lipinski definition) is 2. The van der Waals surface area contributed by atoms with Gasteiger partial charge in [0.15, 0.2) is 3.92 Å². The molecule has 0 saturated heterocycles. The second kappa shape index (κ2) is 3.25. The van der Waals surface area contributed by atoms with Crippen LogP contribution in [0, 0.1) is 0 Å². The number of fused-ring (bicyclic) bond motifs is 1. The molecule has 0 spiro atoms. The van der Waals surface area contributed by atoms with Crippen molar-refractivity contribution in [2.24, 2.45) is 0 Å². The maximum absolute atomic E-state index is 6.00. The number of halogens is 3. The summed E-state index contributed by atoms with van der Waals surface area (Å²) >= 11 is 14.2. The van der Waals surface area contributed by atoms with Crippen molar-refractivity contribution >= 4 is 65.0 Å². The molecular formula is C7H2Br2ClNS. The first-order valence-corrected chi connectivity index (χ1v) is 5.86. The Morgan fingerprint density at radius 2 is 2.08 bits per heavy atom. The van der Waals surface area contributed by atoms with Crippen molar-refractivity contribution in [1.29, 1.82) is 0 Å². The molecule has 0 aliphatic carbocycles. The van der Waals surface area contributed by atoms with Gasteiger partial charge in [0.1, 0.15) is 0 Å². The molecule has 0 fully saturated rings. The van der Waals surface area contributed by atoms with E-state index in [1.54, 1.807) is 11.3 Å². The van der Waals surface area contributed by atoms with Gasteiger partial charge in [0, 0.05) is 4.47 Å². The summed E-state index contributed by atoms with van der Waals surface area (Å²) < 4.78 is 2.84. The van der Waals surface area contributed by atoms with E-state index < -0.39 is 0 Å². The molecule has 1 aromatic heterocycles. The summed E-state index contributed by atoms with van der Waals surface area (Å²) in [5.41, 5.74) is 0.922. The van der Waals surface area contributed by atoms with Gasteiger partial charge in [-0.25, -0.2) is 4.98 Å². The highest BCUT2D eigenvalue weighted by Gasteiger charge is 2.05. The first kappa shape index (κ1) is 8.94. The van der Waals surface area contributed by atoms with Gasteiger partial charge in [-0.05, 0) is 28.1 Å². The van der Waals surface area contributed by atoms with E-state index in [4.69, 9.17) is 11.6 Å². The number of rotatable bonds is 0. The van der Waals surface area contributed by atoms with Crippen molar-refractivity contribution in [3.8, 4) is 0 Å². The largest absolute Gasteiger partial charge is 0.229 e. The molecule has 0 bridgehead atoms. The lowest BCUT2D eigenvalue weighted by atomic mass is 10.3. The molecule has 0 aliphatic rings. The van der Waals surface area contributed by atoms with Crippen LogP contribution in [0.15, 0.2) is 20.5 Å². The molecule has 0 aliphatic heterocycles. The Morgan fingerprint density at radius 1 is 1.33 bits per heavy atom. The lowest BCUT2D eigenvalue weighted by molar-refractivity contribution is 1.45. The first-order valence-electron chi connectivity index (χ1n) is 3.08. The smallest absolute Gasteiger partial charge is 0.160 e. The van der Waals surface area contributed by atoms with Crippen LogP contribution in [0.5, 0.6) is 0 Å². The average Bonchev–Trinajstić information content (AvgIpc) is 2.29. The SMILES string of the molecule is Clc1cc(Br)cc2nc(Br)sc12. The maximum Gasteiger partial charge on any atom is 0.160 e. The third kappa shape index (κ3) is 1.53. The molecule has 0 unspecified atom stereocenters. The zero-order valence-electron chi connectivity index (χ0n) is 5.64. The molecule has 5 heteroatoms. The van der Waals surface area contributed by atoms with Crippen LogP contribution in [-0.4, -0.2) is 4.98 Å². The van der Waals surface area contributed by atoms with Gasteiger partial charge in [-0.15, -0.1) is 11.3 Å². The normalized spacial score (nSPS) is 10.9. The number of benzene rings is 1. The van der Waals surface area contributed by atoms with Crippen LogP contribution in [0.25, 0.3) is 10.2 Å². The van der Waals surface area contributed by atoms with E-state index in [9.17, 15) is 0 Å². The van der Waals surface area contributed by atoms with E-state index >= 15 is 0 Å². The number of hydrogen-bond donors (Lipinski definition) is 0. The van der Waals surface area contributed by atoms with Gasteiger partial charge >= 0.3 is 0 Å². The van der Waals surface area contributed by atoms with Crippen LogP contribution in [0.3, 0.4) is 0 Å². The third-order valence-electron chi connectivity index (χ3n) is 1.38. The molecule has 62 valence electrons. The summed E-state index contributed by atoms with van der Waals surface area (Å²) in [6.45, 7) is 0. The summed E-state index contributed by atoms with van der Waals surface area (Å²) in [7, 11) is 0. The van der Waals surface area contributed by atoms with Gasteiger partial charge in [0.2, 0.25) is 0 Å². The van der Waals surface area contributed by atoms with Crippen LogP contribution in [0.1, 0.15) is 0 Å². The molecule has 0 saturated carbocycles. The van der Waals surface area contributed by atoms with E-state index in [0.717, 1.165) is 23.6 Å². The van der Waals surface area contributed by atoms with Crippen LogP contribution in [-0.2, 0) is 0 Å². The fourth-order valence-electron chi connectivity index (χ4n) is 0.933. The minimum absolute atomic E-state index is 0.738. The predicted octanol–water partition coefficient (Wildman–Crippen LogP) is 4.47. The fourth-order valence-corrected chi connectivity index (χ4v) is 3.19. The van der Waals surface area contributed by atoms with Crippen molar-refractivity contribution in [2.75, 3.05) is 0 Å². The van der Waals surface area contributed by atoms with Crippen molar-refractivity contribution in [2.45, 2.75) is 0 Å². The zero-order chi connectivity index (χ0) is 8.72. The van der Waals surface area contributed by atoms with E-state index in [1.165, 1.54) is 0 Å². The monoisotopic (exact) mass is 325 g/mol. The minimum Gasteiger partial charge on any atom is -0.229 e. The molecule has 2 aromatic rings. The summed E-state index contributed by atoms with van der Waals surface area (Å²) in [6, 6.07) is 3.82. The molecule has 2 rings (SSSR count). The molecule has 0 N–H and O–H groups in total. The Hall–Kier alpha value is 0.360. The van der Waals surface area contributed by atoms with Crippen LogP contribution >= 0.6 is 54.8 Å². The van der Waals surface area contributed by atoms with Crippen LogP contribution < -0.4 is 0 Å². The van der Waals surface area contributed by atoms with E-state index in [-0.39, 0.29) is 0 Å². The van der Waals surface area contributed by atoms with Gasteiger partial charge in [0.25, 0.3) is 0 Å². The van der Waals surface area contributed by atoms with Gasteiger partial charge < -0.3 is 0 Å². The lowest BCUT2D eigenvalue weighted by Crippen LogP contribution is -1.69. The van der Waals surface area contributed by atoms with Gasteiger partial charge in [0.05, 0.1) is 15.2 Å². The lowest BCUT2D eigenvalue weighted by Gasteiger charge is -1.92. The molecular weight excluding hydrogens is 325 g/mol. The highest BCUT2D eigenvalue weighted by Crippen LogP contribution is 2.34. The molecule has 0 radical (unpaired) electrons. The highest BCUT2D eigenvalue weighted by molar-refractivity contribution is 9.11. The van der Waals surface area contributed by atoms with Gasteiger partial charge in [-0.2, -0.15) is 0 Å². The Balaban J connectivity index is 2.88. The van der Waals surface area contributed by atoms with Crippen molar-refractivity contribution in [1.82, 2.24) is 4.98 Å². The topological polar surface area (TPSA) is 12.9 Å². The van der Waals surface area contributed by atoms with Crippen LogP contribution in [0.2, 0.25) is 5.02 Å². The summed E-state index contributed by atoms with van der Waals surface area (Å²) in [4.78, 5) is 4.26. The Morgan fingerprint density at radius 3 is 2.83 bits per heavy atom. The molecule has 1 nitrogen and oxygen atoms in total. The second-order valence-electron chi connectivity index (χ2n) is 2.20. The van der Waals surface area contributed by atoms with Crippen molar-refractivity contribution < 1.29 is 0 Å². The van der Waals surface area contributed by atoms with E-state index in [2.05, 4.69) is 36.8 Å².